The fraction of sp³-hybridized carbons (Fsp3) is 0.364. The highest BCUT2D eigenvalue weighted by atomic mass is 16.5. The zero-order valence-corrected chi connectivity index (χ0v) is 17.9. The van der Waals surface area contributed by atoms with Crippen molar-refractivity contribution in [2.75, 3.05) is 18.6 Å². The number of benzene rings is 1. The first kappa shape index (κ1) is 20.6. The lowest BCUT2D eigenvalue weighted by atomic mass is 10.0. The SMILES string of the molecule is COc1cccc(N2C[C@H](NC(=O)c3noc(C)c3Cc3c(C)noc3C)CC2=O)c1. The number of rotatable bonds is 6. The van der Waals surface area contributed by atoms with E-state index in [1.54, 1.807) is 25.0 Å². The summed E-state index contributed by atoms with van der Waals surface area (Å²) in [6.07, 6.45) is 0.637. The Balaban J connectivity index is 1.49. The lowest BCUT2D eigenvalue weighted by molar-refractivity contribution is -0.117. The van der Waals surface area contributed by atoms with Gasteiger partial charge in [-0.3, -0.25) is 9.59 Å². The van der Waals surface area contributed by atoms with Crippen molar-refractivity contribution < 1.29 is 23.4 Å². The number of ether oxygens (including phenoxy) is 1. The average molecular weight is 424 g/mol. The molecule has 1 saturated heterocycles. The van der Waals surface area contributed by atoms with Gasteiger partial charge < -0.3 is 24.0 Å². The van der Waals surface area contributed by atoms with Crippen molar-refractivity contribution >= 4 is 17.5 Å². The van der Waals surface area contributed by atoms with Crippen LogP contribution in [0.4, 0.5) is 5.69 Å². The number of nitrogens with zero attached hydrogens (tertiary/aromatic N) is 3. The van der Waals surface area contributed by atoms with Crippen LogP contribution in [-0.4, -0.2) is 41.8 Å². The zero-order chi connectivity index (χ0) is 22.1. The summed E-state index contributed by atoms with van der Waals surface area (Å²) in [4.78, 5) is 27.1. The van der Waals surface area contributed by atoms with Crippen LogP contribution >= 0.6 is 0 Å². The van der Waals surface area contributed by atoms with Crippen LogP contribution in [-0.2, 0) is 11.2 Å². The molecule has 4 rings (SSSR count). The number of hydrogen-bond donors (Lipinski definition) is 1. The highest BCUT2D eigenvalue weighted by molar-refractivity contribution is 5.99. The Labute approximate surface area is 179 Å². The molecule has 1 aromatic carbocycles. The fourth-order valence-corrected chi connectivity index (χ4v) is 3.79. The molecule has 0 saturated carbocycles. The second kappa shape index (κ2) is 8.25. The molecule has 31 heavy (non-hydrogen) atoms. The van der Waals surface area contributed by atoms with E-state index in [0.717, 1.165) is 16.9 Å². The van der Waals surface area contributed by atoms with E-state index in [1.165, 1.54) is 0 Å². The molecule has 1 fully saturated rings. The molecular formula is C22H24N4O5. The van der Waals surface area contributed by atoms with Crippen molar-refractivity contribution in [3.63, 3.8) is 0 Å². The summed E-state index contributed by atoms with van der Waals surface area (Å²) in [7, 11) is 1.58. The number of anilines is 1. The smallest absolute Gasteiger partial charge is 0.274 e. The molecule has 3 aromatic rings. The second-order valence-electron chi connectivity index (χ2n) is 7.63. The third kappa shape index (κ3) is 4.03. The topological polar surface area (TPSA) is 111 Å². The van der Waals surface area contributed by atoms with Gasteiger partial charge in [-0.25, -0.2) is 0 Å². The van der Waals surface area contributed by atoms with Gasteiger partial charge in [-0.05, 0) is 32.9 Å². The molecule has 9 heteroatoms. The van der Waals surface area contributed by atoms with Gasteiger partial charge in [-0.1, -0.05) is 16.4 Å². The van der Waals surface area contributed by atoms with Crippen LogP contribution in [0.25, 0.3) is 0 Å². The van der Waals surface area contributed by atoms with Crippen molar-refractivity contribution in [1.29, 1.82) is 0 Å². The van der Waals surface area contributed by atoms with Gasteiger partial charge in [0.05, 0.1) is 18.8 Å². The molecule has 0 aliphatic carbocycles. The van der Waals surface area contributed by atoms with E-state index in [4.69, 9.17) is 13.8 Å². The second-order valence-corrected chi connectivity index (χ2v) is 7.63. The molecule has 2 amide bonds. The van der Waals surface area contributed by atoms with Gasteiger partial charge in [-0.2, -0.15) is 0 Å². The van der Waals surface area contributed by atoms with Gasteiger partial charge in [0.1, 0.15) is 17.3 Å². The van der Waals surface area contributed by atoms with E-state index in [2.05, 4.69) is 15.6 Å². The predicted octanol–water partition coefficient (Wildman–Crippen LogP) is 2.72. The van der Waals surface area contributed by atoms with Crippen LogP contribution in [0.15, 0.2) is 33.3 Å². The molecule has 2 aromatic heterocycles. The summed E-state index contributed by atoms with van der Waals surface area (Å²) in [6, 6.07) is 6.94. The first-order chi connectivity index (χ1) is 14.9. The number of carbonyl (C=O) groups excluding carboxylic acids is 2. The molecule has 1 aliphatic rings. The molecule has 0 unspecified atom stereocenters. The minimum Gasteiger partial charge on any atom is -0.497 e. The maximum absolute atomic E-state index is 13.0. The molecule has 1 aliphatic heterocycles. The number of hydrogen-bond acceptors (Lipinski definition) is 7. The standard InChI is InChI=1S/C22H24N4O5/c1-12-18(13(2)30-24-12)10-19-14(3)31-25-21(19)22(28)23-15-8-20(27)26(11-15)16-6-5-7-17(9-16)29-4/h5-7,9,15H,8,10-11H2,1-4H3,(H,23,28)/t15-/m1/s1. The minimum atomic E-state index is -0.371. The molecule has 9 nitrogen and oxygen atoms in total. The van der Waals surface area contributed by atoms with E-state index < -0.39 is 0 Å². The molecule has 3 heterocycles. The van der Waals surface area contributed by atoms with Crippen LogP contribution in [0.1, 0.15) is 45.3 Å². The molecule has 0 radical (unpaired) electrons. The molecule has 0 spiro atoms. The molecule has 0 bridgehead atoms. The van der Waals surface area contributed by atoms with E-state index in [0.29, 0.717) is 35.8 Å². The van der Waals surface area contributed by atoms with Crippen LogP contribution in [0.3, 0.4) is 0 Å². The summed E-state index contributed by atoms with van der Waals surface area (Å²) >= 11 is 0. The summed E-state index contributed by atoms with van der Waals surface area (Å²) in [5, 5.41) is 10.8. The first-order valence-corrected chi connectivity index (χ1v) is 9.99. The van der Waals surface area contributed by atoms with E-state index in [9.17, 15) is 9.59 Å². The van der Waals surface area contributed by atoms with Gasteiger partial charge >= 0.3 is 0 Å². The number of amides is 2. The summed E-state index contributed by atoms with van der Waals surface area (Å²) in [6.45, 7) is 5.82. The predicted molar refractivity (Wildman–Crippen MR) is 111 cm³/mol. The Kier molecular flexibility index (Phi) is 5.50. The average Bonchev–Trinajstić information content (AvgIpc) is 3.41. The summed E-state index contributed by atoms with van der Waals surface area (Å²) in [5.41, 5.74) is 3.29. The maximum atomic E-state index is 13.0. The zero-order valence-electron chi connectivity index (χ0n) is 17.9. The molecule has 162 valence electrons. The highest BCUT2D eigenvalue weighted by Gasteiger charge is 2.33. The molecule has 1 atom stereocenters. The van der Waals surface area contributed by atoms with Gasteiger partial charge in [0.25, 0.3) is 5.91 Å². The normalized spacial score (nSPS) is 16.1. The summed E-state index contributed by atoms with van der Waals surface area (Å²) < 4.78 is 15.8. The molecule has 1 N–H and O–H groups in total. The Bertz CT molecular complexity index is 1110. The number of methoxy groups -OCH3 is 1. The lowest BCUT2D eigenvalue weighted by Gasteiger charge is -2.17. The maximum Gasteiger partial charge on any atom is 0.274 e. The quantitative estimate of drug-likeness (QED) is 0.648. The van der Waals surface area contributed by atoms with Crippen LogP contribution in [0.5, 0.6) is 5.75 Å². The van der Waals surface area contributed by atoms with Crippen LogP contribution in [0.2, 0.25) is 0 Å². The Morgan fingerprint density at radius 3 is 2.65 bits per heavy atom. The van der Waals surface area contributed by atoms with Gasteiger partial charge in [-0.15, -0.1) is 0 Å². The van der Waals surface area contributed by atoms with Crippen molar-refractivity contribution in [3.05, 3.63) is 58.3 Å². The third-order valence-electron chi connectivity index (χ3n) is 5.56. The highest BCUT2D eigenvalue weighted by Crippen LogP contribution is 2.26. The Hall–Kier alpha value is -3.62. The van der Waals surface area contributed by atoms with Crippen LogP contribution in [0, 0.1) is 20.8 Å². The van der Waals surface area contributed by atoms with E-state index in [-0.39, 0.29) is 30.0 Å². The Morgan fingerprint density at radius 1 is 1.19 bits per heavy atom. The molecular weight excluding hydrogens is 400 g/mol. The van der Waals surface area contributed by atoms with Gasteiger partial charge in [0.15, 0.2) is 5.69 Å². The largest absolute Gasteiger partial charge is 0.497 e. The number of carbonyl (C=O) groups is 2. The van der Waals surface area contributed by atoms with E-state index in [1.807, 2.05) is 32.0 Å². The van der Waals surface area contributed by atoms with Crippen molar-refractivity contribution in [2.24, 2.45) is 0 Å². The van der Waals surface area contributed by atoms with Crippen molar-refractivity contribution in [2.45, 2.75) is 39.7 Å². The Morgan fingerprint density at radius 2 is 1.94 bits per heavy atom. The van der Waals surface area contributed by atoms with Crippen LogP contribution < -0.4 is 15.0 Å². The summed E-state index contributed by atoms with van der Waals surface area (Å²) in [5.74, 6) is 1.49. The lowest BCUT2D eigenvalue weighted by Crippen LogP contribution is -2.37. The minimum absolute atomic E-state index is 0.0640. The first-order valence-electron chi connectivity index (χ1n) is 9.99. The number of aryl methyl sites for hydroxylation is 3. The van der Waals surface area contributed by atoms with Crippen molar-refractivity contribution in [3.8, 4) is 5.75 Å². The monoisotopic (exact) mass is 424 g/mol. The van der Waals surface area contributed by atoms with Crippen molar-refractivity contribution in [1.82, 2.24) is 15.6 Å². The van der Waals surface area contributed by atoms with Gasteiger partial charge in [0, 0.05) is 42.3 Å². The number of aromatic nitrogens is 2. The number of nitrogens with one attached hydrogen (secondary N) is 1. The van der Waals surface area contributed by atoms with E-state index >= 15 is 0 Å². The third-order valence-corrected chi connectivity index (χ3v) is 5.56. The van der Waals surface area contributed by atoms with Gasteiger partial charge in [0.2, 0.25) is 5.91 Å². The fourth-order valence-electron chi connectivity index (χ4n) is 3.79.